The van der Waals surface area contributed by atoms with Gasteiger partial charge in [0.15, 0.2) is 0 Å². The molecule has 5 heteroatoms. The molecule has 1 saturated heterocycles. The van der Waals surface area contributed by atoms with E-state index in [0.29, 0.717) is 18.9 Å². The zero-order valence-electron chi connectivity index (χ0n) is 10.6. The van der Waals surface area contributed by atoms with E-state index < -0.39 is 11.9 Å². The molecule has 2 N–H and O–H groups in total. The number of ether oxygens (including phenoxy) is 1. The first-order chi connectivity index (χ1) is 8.66. The third kappa shape index (κ3) is 3.45. The normalized spacial score (nSPS) is 29.1. The van der Waals surface area contributed by atoms with Gasteiger partial charge in [0.2, 0.25) is 5.91 Å². The molecule has 2 rings (SSSR count). The second kappa shape index (κ2) is 6.18. The van der Waals surface area contributed by atoms with E-state index in [4.69, 9.17) is 9.84 Å². The molecule has 2 aliphatic rings. The van der Waals surface area contributed by atoms with Crippen LogP contribution in [-0.4, -0.2) is 36.2 Å². The Morgan fingerprint density at radius 3 is 2.56 bits per heavy atom. The maximum atomic E-state index is 11.9. The number of nitrogens with one attached hydrogen (secondary N) is 1. The van der Waals surface area contributed by atoms with Crippen LogP contribution in [-0.2, 0) is 14.3 Å². The number of hydrogen-bond acceptors (Lipinski definition) is 3. The van der Waals surface area contributed by atoms with Crippen molar-refractivity contribution < 1.29 is 19.4 Å². The molecule has 5 nitrogen and oxygen atoms in total. The second-order valence-electron chi connectivity index (χ2n) is 5.36. The first kappa shape index (κ1) is 13.3. The Morgan fingerprint density at radius 1 is 1.17 bits per heavy atom. The smallest absolute Gasteiger partial charge is 0.311 e. The lowest BCUT2D eigenvalue weighted by Crippen LogP contribution is -2.43. The van der Waals surface area contributed by atoms with Crippen molar-refractivity contribution in [3.8, 4) is 0 Å². The highest BCUT2D eigenvalue weighted by Gasteiger charge is 2.35. The second-order valence-corrected chi connectivity index (χ2v) is 5.36. The molecule has 0 aromatic rings. The molecular formula is C13H21NO4. The molecule has 1 aliphatic heterocycles. The van der Waals surface area contributed by atoms with Crippen LogP contribution in [0.2, 0.25) is 0 Å². The van der Waals surface area contributed by atoms with Crippen LogP contribution in [0.15, 0.2) is 0 Å². The fourth-order valence-corrected chi connectivity index (χ4v) is 2.86. The summed E-state index contributed by atoms with van der Waals surface area (Å²) in [5.74, 6) is -1.04. The Hall–Kier alpha value is -1.10. The number of aliphatic carboxylic acids is 1. The summed E-state index contributed by atoms with van der Waals surface area (Å²) in [6.45, 7) is 0.511. The molecule has 2 atom stereocenters. The lowest BCUT2D eigenvalue weighted by molar-refractivity contribution is -0.142. The predicted octanol–water partition coefficient (Wildman–Crippen LogP) is 1.17. The van der Waals surface area contributed by atoms with Crippen LogP contribution in [0.4, 0.5) is 0 Å². The summed E-state index contributed by atoms with van der Waals surface area (Å²) >= 11 is 0. The maximum Gasteiger partial charge on any atom is 0.311 e. The van der Waals surface area contributed by atoms with Gasteiger partial charge in [0.05, 0.1) is 19.3 Å². The average molecular weight is 255 g/mol. The third-order valence-corrected chi connectivity index (χ3v) is 3.94. The Labute approximate surface area is 107 Å². The van der Waals surface area contributed by atoms with E-state index in [1.807, 2.05) is 0 Å². The van der Waals surface area contributed by atoms with Gasteiger partial charge >= 0.3 is 5.97 Å². The van der Waals surface area contributed by atoms with E-state index in [9.17, 15) is 9.59 Å². The van der Waals surface area contributed by atoms with Crippen LogP contribution in [0.25, 0.3) is 0 Å². The number of carbonyl (C=O) groups is 2. The van der Waals surface area contributed by atoms with Gasteiger partial charge in [-0.2, -0.15) is 0 Å². The fourth-order valence-electron chi connectivity index (χ4n) is 2.86. The van der Waals surface area contributed by atoms with Crippen LogP contribution >= 0.6 is 0 Å². The van der Waals surface area contributed by atoms with E-state index in [-0.39, 0.29) is 18.6 Å². The monoisotopic (exact) mass is 255 g/mol. The van der Waals surface area contributed by atoms with Crippen LogP contribution in [0.5, 0.6) is 0 Å². The van der Waals surface area contributed by atoms with Crippen molar-refractivity contribution in [2.24, 2.45) is 11.8 Å². The molecule has 0 spiro atoms. The molecule has 18 heavy (non-hydrogen) atoms. The van der Waals surface area contributed by atoms with Gasteiger partial charge in [-0.15, -0.1) is 0 Å². The molecule has 0 bridgehead atoms. The summed E-state index contributed by atoms with van der Waals surface area (Å²) in [4.78, 5) is 22.8. The molecular weight excluding hydrogens is 234 g/mol. The van der Waals surface area contributed by atoms with Crippen molar-refractivity contribution in [2.75, 3.05) is 13.2 Å². The Kier molecular flexibility index (Phi) is 4.58. The highest BCUT2D eigenvalue weighted by molar-refractivity contribution is 5.78. The number of amides is 1. The van der Waals surface area contributed by atoms with Gasteiger partial charge in [-0.25, -0.2) is 0 Å². The summed E-state index contributed by atoms with van der Waals surface area (Å²) in [6.07, 6.45) is 6.47. The minimum absolute atomic E-state index is 0.0244. The maximum absolute atomic E-state index is 11.9. The third-order valence-electron chi connectivity index (χ3n) is 3.94. The van der Waals surface area contributed by atoms with Crippen LogP contribution < -0.4 is 5.32 Å². The van der Waals surface area contributed by atoms with Crippen LogP contribution in [0.3, 0.4) is 0 Å². The lowest BCUT2D eigenvalue weighted by atomic mass is 9.86. The van der Waals surface area contributed by atoms with E-state index in [1.54, 1.807) is 0 Å². The SMILES string of the molecule is O=C(CC1CCCCC1)NC1COCC1C(=O)O. The highest BCUT2D eigenvalue weighted by Crippen LogP contribution is 2.26. The summed E-state index contributed by atoms with van der Waals surface area (Å²) in [5.41, 5.74) is 0. The van der Waals surface area contributed by atoms with E-state index >= 15 is 0 Å². The quantitative estimate of drug-likeness (QED) is 0.790. The van der Waals surface area contributed by atoms with Crippen molar-refractivity contribution in [2.45, 2.75) is 44.6 Å². The van der Waals surface area contributed by atoms with Gasteiger partial charge in [-0.3, -0.25) is 9.59 Å². The molecule has 1 amide bonds. The fraction of sp³-hybridized carbons (Fsp3) is 0.846. The Balaban J connectivity index is 1.77. The molecule has 1 aliphatic carbocycles. The molecule has 0 radical (unpaired) electrons. The zero-order chi connectivity index (χ0) is 13.0. The number of hydrogen-bond donors (Lipinski definition) is 2. The molecule has 2 unspecified atom stereocenters. The number of rotatable bonds is 4. The molecule has 0 aromatic heterocycles. The minimum atomic E-state index is -0.893. The first-order valence-corrected chi connectivity index (χ1v) is 6.76. The molecule has 1 saturated carbocycles. The van der Waals surface area contributed by atoms with Gasteiger partial charge in [0.25, 0.3) is 0 Å². The van der Waals surface area contributed by atoms with Gasteiger partial charge in [-0.05, 0) is 18.8 Å². The Bertz CT molecular complexity index is 312. The van der Waals surface area contributed by atoms with Crippen LogP contribution in [0, 0.1) is 11.8 Å². The largest absolute Gasteiger partial charge is 0.481 e. The molecule has 2 fully saturated rings. The van der Waals surface area contributed by atoms with Gasteiger partial charge in [0.1, 0.15) is 5.92 Å². The topological polar surface area (TPSA) is 75.6 Å². The van der Waals surface area contributed by atoms with Crippen molar-refractivity contribution >= 4 is 11.9 Å². The van der Waals surface area contributed by atoms with Crippen molar-refractivity contribution in [3.63, 3.8) is 0 Å². The summed E-state index contributed by atoms with van der Waals surface area (Å²) in [7, 11) is 0. The molecule has 1 heterocycles. The molecule has 102 valence electrons. The molecule has 0 aromatic carbocycles. The predicted molar refractivity (Wildman–Crippen MR) is 65.1 cm³/mol. The average Bonchev–Trinajstić information content (AvgIpc) is 2.78. The summed E-state index contributed by atoms with van der Waals surface area (Å²) < 4.78 is 5.13. The Morgan fingerprint density at radius 2 is 1.89 bits per heavy atom. The lowest BCUT2D eigenvalue weighted by Gasteiger charge is -2.22. The summed E-state index contributed by atoms with van der Waals surface area (Å²) in [5, 5.41) is 11.8. The van der Waals surface area contributed by atoms with Crippen molar-refractivity contribution in [3.05, 3.63) is 0 Å². The van der Waals surface area contributed by atoms with E-state index in [1.165, 1.54) is 19.3 Å². The van der Waals surface area contributed by atoms with Crippen LogP contribution in [0.1, 0.15) is 38.5 Å². The van der Waals surface area contributed by atoms with Gasteiger partial charge in [0, 0.05) is 6.42 Å². The zero-order valence-corrected chi connectivity index (χ0v) is 10.6. The number of carbonyl (C=O) groups excluding carboxylic acids is 1. The highest BCUT2D eigenvalue weighted by atomic mass is 16.5. The standard InChI is InChI=1S/C13H21NO4/c15-12(6-9-4-2-1-3-5-9)14-11-8-18-7-10(11)13(16)17/h9-11H,1-8H2,(H,14,15)(H,16,17). The van der Waals surface area contributed by atoms with E-state index in [2.05, 4.69) is 5.32 Å². The van der Waals surface area contributed by atoms with Gasteiger partial charge < -0.3 is 15.2 Å². The number of carboxylic acids is 1. The van der Waals surface area contributed by atoms with E-state index in [0.717, 1.165) is 12.8 Å². The summed E-state index contributed by atoms with van der Waals surface area (Å²) in [6, 6.07) is -0.362. The van der Waals surface area contributed by atoms with Crippen molar-refractivity contribution in [1.29, 1.82) is 0 Å². The first-order valence-electron chi connectivity index (χ1n) is 6.76. The van der Waals surface area contributed by atoms with Gasteiger partial charge in [-0.1, -0.05) is 19.3 Å². The number of carboxylic acid groups (broad SMARTS) is 1. The minimum Gasteiger partial charge on any atom is -0.481 e. The van der Waals surface area contributed by atoms with Crippen molar-refractivity contribution in [1.82, 2.24) is 5.32 Å².